The number of carbonyl (C=O) groups is 2. The Balaban J connectivity index is 1.20. The average Bonchev–Trinajstić information content (AvgIpc) is 3.74. The van der Waals surface area contributed by atoms with Crippen LogP contribution in [0.3, 0.4) is 0 Å². The van der Waals surface area contributed by atoms with Crippen molar-refractivity contribution in [1.29, 1.82) is 0 Å². The molecule has 6 rings (SSSR count). The Morgan fingerprint density at radius 3 is 2.40 bits per heavy atom. The number of carbonyl (C=O) groups excluding carboxylic acids is 2. The molecular weight excluding hydrogens is 749 g/mol. The Bertz CT molecular complexity index is 2060. The summed E-state index contributed by atoms with van der Waals surface area (Å²) in [5, 5.41) is 3.12. The summed E-state index contributed by atoms with van der Waals surface area (Å²) in [6, 6.07) is 12.5. The minimum absolute atomic E-state index is 0.0763. The quantitative estimate of drug-likeness (QED) is 0.0643. The van der Waals surface area contributed by atoms with Gasteiger partial charge in [0.25, 0.3) is 5.69 Å². The van der Waals surface area contributed by atoms with Gasteiger partial charge in [-0.2, -0.15) is 4.21 Å². The Labute approximate surface area is 337 Å². The van der Waals surface area contributed by atoms with E-state index < -0.39 is 23.3 Å². The first-order chi connectivity index (χ1) is 27.6. The molecule has 2 aromatic heterocycles. The largest absolute Gasteiger partial charge is 0.490 e. The SMILES string of the molecule is [C-]#[N+]c1c(C(=O)OC2C(C)CC(C)CC2C)c2nc(-c3ccc(NS(=O)Oc4cc(C)ccc4OCCCCCCCC)cc3)[nH]n2c1OC(=O)N1CCOCC1. The molecule has 1 saturated heterocycles. The molecule has 1 aliphatic carbocycles. The van der Waals surface area contributed by atoms with E-state index in [4.69, 9.17) is 34.7 Å². The Morgan fingerprint density at radius 1 is 1.00 bits per heavy atom. The Kier molecular flexibility index (Phi) is 14.1. The Morgan fingerprint density at radius 2 is 1.70 bits per heavy atom. The number of aromatic nitrogens is 3. The van der Waals surface area contributed by atoms with E-state index in [1.54, 1.807) is 30.3 Å². The lowest BCUT2D eigenvalue weighted by atomic mass is 9.75. The molecule has 2 aliphatic rings. The van der Waals surface area contributed by atoms with Crippen molar-refractivity contribution in [3.05, 3.63) is 65.0 Å². The number of morpholine rings is 1. The highest BCUT2D eigenvalue weighted by atomic mass is 32.2. The maximum absolute atomic E-state index is 14.0. The molecule has 2 N–H and O–H groups in total. The van der Waals surface area contributed by atoms with E-state index in [-0.39, 0.29) is 40.7 Å². The molecule has 15 heteroatoms. The second-order valence-electron chi connectivity index (χ2n) is 15.3. The normalized spacial score (nSPS) is 20.1. The number of aromatic amines is 1. The maximum Gasteiger partial charge on any atom is 0.415 e. The number of ether oxygens (including phenoxy) is 4. The van der Waals surface area contributed by atoms with Crippen molar-refractivity contribution in [2.24, 2.45) is 17.8 Å². The standard InChI is InChI=1S/C42H54N6O8S/c1-7-8-9-10-11-12-21-53-33-18-13-27(2)26-34(33)56-57(51)46-32-16-14-31(15-17-32)38-44-39-35(41(49)54-37-29(4)24-28(3)25-30(37)5)36(43-6)40(48(39)45-38)55-42(50)47-19-22-52-23-20-47/h13-18,26,28-30,37,46H,7-12,19-25H2,1-5H3,(H,44,45). The van der Waals surface area contributed by atoms with Gasteiger partial charge < -0.3 is 28.0 Å². The molecule has 0 radical (unpaired) electrons. The summed E-state index contributed by atoms with van der Waals surface area (Å²) in [6.07, 6.45) is 7.72. The highest BCUT2D eigenvalue weighted by Gasteiger charge is 2.38. The first-order valence-electron chi connectivity index (χ1n) is 20.0. The van der Waals surface area contributed by atoms with Crippen LogP contribution in [0.5, 0.6) is 17.4 Å². The first kappa shape index (κ1) is 41.6. The zero-order valence-electron chi connectivity index (χ0n) is 33.5. The first-order valence-corrected chi connectivity index (χ1v) is 21.1. The lowest BCUT2D eigenvalue weighted by molar-refractivity contribution is -0.0249. The number of H-pyrrole nitrogens is 1. The fraction of sp³-hybridized carbons (Fsp3) is 0.524. The molecule has 306 valence electrons. The number of aryl methyl sites for hydroxylation is 1. The summed E-state index contributed by atoms with van der Waals surface area (Å²) < 4.78 is 46.5. The van der Waals surface area contributed by atoms with Gasteiger partial charge >= 0.3 is 23.3 Å². The molecule has 3 heterocycles. The van der Waals surface area contributed by atoms with Crippen molar-refractivity contribution in [2.75, 3.05) is 37.6 Å². The topological polar surface area (TPSA) is 150 Å². The van der Waals surface area contributed by atoms with Crippen molar-refractivity contribution in [2.45, 2.75) is 92.1 Å². The van der Waals surface area contributed by atoms with Crippen LogP contribution >= 0.6 is 0 Å². The summed E-state index contributed by atoms with van der Waals surface area (Å²) in [7, 11) is 0. The lowest BCUT2D eigenvalue weighted by Crippen LogP contribution is -2.42. The molecule has 0 bridgehead atoms. The van der Waals surface area contributed by atoms with Crippen LogP contribution in [-0.4, -0.2) is 74.8 Å². The van der Waals surface area contributed by atoms with E-state index in [0.717, 1.165) is 31.2 Å². The summed E-state index contributed by atoms with van der Waals surface area (Å²) >= 11 is -1.94. The minimum Gasteiger partial charge on any atom is -0.490 e. The maximum atomic E-state index is 14.0. The summed E-state index contributed by atoms with van der Waals surface area (Å²) in [4.78, 5) is 37.1. The predicted molar refractivity (Wildman–Crippen MR) is 218 cm³/mol. The number of amides is 1. The van der Waals surface area contributed by atoms with Crippen molar-refractivity contribution >= 4 is 40.4 Å². The second-order valence-corrected chi connectivity index (χ2v) is 16.1. The van der Waals surface area contributed by atoms with Gasteiger partial charge in [-0.05, 0) is 85.9 Å². The van der Waals surface area contributed by atoms with Crippen LogP contribution < -0.4 is 18.4 Å². The summed E-state index contributed by atoms with van der Waals surface area (Å²) in [5.41, 5.74) is 1.93. The van der Waals surface area contributed by atoms with Crippen LogP contribution in [-0.2, 0) is 20.7 Å². The van der Waals surface area contributed by atoms with Gasteiger partial charge in [0.2, 0.25) is 5.88 Å². The van der Waals surface area contributed by atoms with Gasteiger partial charge in [0.05, 0.1) is 26.4 Å². The van der Waals surface area contributed by atoms with Crippen LogP contribution in [0.2, 0.25) is 0 Å². The molecule has 57 heavy (non-hydrogen) atoms. The van der Waals surface area contributed by atoms with E-state index in [2.05, 4.69) is 42.4 Å². The van der Waals surface area contributed by atoms with E-state index in [1.165, 1.54) is 35.1 Å². The van der Waals surface area contributed by atoms with Gasteiger partial charge in [-0.3, -0.25) is 9.82 Å². The number of fused-ring (bicyclic) bond motifs is 1. The molecule has 2 aromatic carbocycles. The number of nitrogens with zero attached hydrogens (tertiary/aromatic N) is 4. The fourth-order valence-electron chi connectivity index (χ4n) is 7.75. The third-order valence-corrected chi connectivity index (χ3v) is 11.3. The van der Waals surface area contributed by atoms with E-state index in [0.29, 0.717) is 67.4 Å². The monoisotopic (exact) mass is 802 g/mol. The number of nitrogens with one attached hydrogen (secondary N) is 2. The number of rotatable bonds is 16. The number of unbranched alkanes of at least 4 members (excludes halogenated alkanes) is 5. The molecule has 1 aliphatic heterocycles. The number of hydrogen-bond acceptors (Lipinski definition) is 9. The van der Waals surface area contributed by atoms with Crippen LogP contribution in [0.4, 0.5) is 16.2 Å². The summed E-state index contributed by atoms with van der Waals surface area (Å²) in [6.45, 7) is 20.5. The van der Waals surface area contributed by atoms with Crippen LogP contribution in [0.25, 0.3) is 21.9 Å². The molecule has 3 unspecified atom stereocenters. The lowest BCUT2D eigenvalue weighted by Gasteiger charge is -2.37. The van der Waals surface area contributed by atoms with Crippen molar-refractivity contribution in [1.82, 2.24) is 19.5 Å². The number of esters is 1. The highest BCUT2D eigenvalue weighted by Crippen LogP contribution is 2.41. The van der Waals surface area contributed by atoms with Crippen molar-refractivity contribution in [3.8, 4) is 28.8 Å². The third-order valence-electron chi connectivity index (χ3n) is 10.6. The van der Waals surface area contributed by atoms with Gasteiger partial charge in [-0.1, -0.05) is 65.9 Å². The molecule has 14 nitrogen and oxygen atoms in total. The number of hydrogen-bond donors (Lipinski definition) is 2. The molecule has 1 amide bonds. The predicted octanol–water partition coefficient (Wildman–Crippen LogP) is 9.06. The van der Waals surface area contributed by atoms with Gasteiger partial charge in [0.15, 0.2) is 23.0 Å². The smallest absolute Gasteiger partial charge is 0.415 e. The van der Waals surface area contributed by atoms with Gasteiger partial charge in [0.1, 0.15) is 11.7 Å². The molecule has 3 atom stereocenters. The second kappa shape index (κ2) is 19.4. The minimum atomic E-state index is -1.94. The number of anilines is 1. The van der Waals surface area contributed by atoms with E-state index in [1.807, 2.05) is 19.1 Å². The molecule has 4 aromatic rings. The highest BCUT2D eigenvalue weighted by molar-refractivity contribution is 7.82. The zero-order chi connectivity index (χ0) is 40.5. The van der Waals surface area contributed by atoms with Crippen LogP contribution in [0.1, 0.15) is 95.0 Å². The molecule has 2 fully saturated rings. The summed E-state index contributed by atoms with van der Waals surface area (Å²) in [5.74, 6) is 1.17. The molecule has 1 saturated carbocycles. The van der Waals surface area contributed by atoms with Gasteiger partial charge in [-0.15, -0.1) is 0 Å². The average molecular weight is 803 g/mol. The number of benzene rings is 2. The van der Waals surface area contributed by atoms with Crippen LogP contribution in [0, 0.1) is 31.2 Å². The molecule has 0 spiro atoms. The zero-order valence-corrected chi connectivity index (χ0v) is 34.3. The third kappa shape index (κ3) is 10.3. The van der Waals surface area contributed by atoms with Gasteiger partial charge in [0, 0.05) is 24.3 Å². The molecular formula is C42H54N6O8S. The van der Waals surface area contributed by atoms with Gasteiger partial charge in [-0.25, -0.2) is 23.9 Å². The van der Waals surface area contributed by atoms with E-state index >= 15 is 0 Å². The van der Waals surface area contributed by atoms with Crippen LogP contribution in [0.15, 0.2) is 42.5 Å². The van der Waals surface area contributed by atoms with Crippen molar-refractivity contribution < 1.29 is 36.9 Å². The van der Waals surface area contributed by atoms with E-state index in [9.17, 15) is 13.8 Å². The fourth-order valence-corrected chi connectivity index (χ4v) is 8.41. The van der Waals surface area contributed by atoms with Crippen molar-refractivity contribution in [3.63, 3.8) is 0 Å². The Hall–Kier alpha value is -5.07.